The number of nitrogens with zero attached hydrogens (tertiary/aromatic N) is 2. The minimum Gasteiger partial charge on any atom is -0.379 e. The number of hydrogen-bond acceptors (Lipinski definition) is 4. The van der Waals surface area contributed by atoms with E-state index in [-0.39, 0.29) is 0 Å². The van der Waals surface area contributed by atoms with Gasteiger partial charge in [0.05, 0.1) is 13.2 Å². The maximum absolute atomic E-state index is 5.25. The van der Waals surface area contributed by atoms with Crippen LogP contribution in [0.5, 0.6) is 0 Å². The van der Waals surface area contributed by atoms with Crippen molar-refractivity contribution in [3.05, 3.63) is 0 Å². The van der Waals surface area contributed by atoms with Crippen LogP contribution in [0.1, 0.15) is 41.5 Å². The summed E-state index contributed by atoms with van der Waals surface area (Å²) < 4.78 is 5.25. The van der Waals surface area contributed by atoms with E-state index in [0.29, 0.717) is 11.1 Å². The van der Waals surface area contributed by atoms with Gasteiger partial charge in [0.25, 0.3) is 0 Å². The number of rotatable bonds is 0. The summed E-state index contributed by atoms with van der Waals surface area (Å²) in [5.74, 6) is 2.63. The van der Waals surface area contributed by atoms with E-state index >= 15 is 0 Å². The third-order valence-corrected chi connectivity index (χ3v) is 4.86. The van der Waals surface area contributed by atoms with Crippen molar-refractivity contribution in [1.82, 2.24) is 9.80 Å². The van der Waals surface area contributed by atoms with Gasteiger partial charge in [-0.25, -0.2) is 0 Å². The Hall–Kier alpha value is 0.230. The second kappa shape index (κ2) is 8.02. The van der Waals surface area contributed by atoms with Crippen LogP contribution in [0.25, 0.3) is 0 Å². The van der Waals surface area contributed by atoms with Crippen LogP contribution < -0.4 is 0 Å². The van der Waals surface area contributed by atoms with E-state index in [9.17, 15) is 0 Å². The Kier molecular flexibility index (Phi) is 7.33. The molecule has 2 aliphatic heterocycles. The Morgan fingerprint density at radius 2 is 1.10 bits per heavy atom. The quantitative estimate of drug-likeness (QED) is 0.683. The van der Waals surface area contributed by atoms with Gasteiger partial charge in [-0.1, -0.05) is 0 Å². The van der Waals surface area contributed by atoms with E-state index in [4.69, 9.17) is 4.74 Å². The molecule has 20 heavy (non-hydrogen) atoms. The summed E-state index contributed by atoms with van der Waals surface area (Å²) in [5.41, 5.74) is 0.713. The van der Waals surface area contributed by atoms with Gasteiger partial charge in [-0.05, 0) is 41.5 Å². The van der Waals surface area contributed by atoms with Crippen LogP contribution in [-0.2, 0) is 4.74 Å². The van der Waals surface area contributed by atoms with E-state index in [1.807, 2.05) is 0 Å². The van der Waals surface area contributed by atoms with Gasteiger partial charge in [-0.3, -0.25) is 9.80 Å². The largest absolute Gasteiger partial charge is 0.379 e. The average Bonchev–Trinajstić information content (AvgIpc) is 2.40. The predicted octanol–water partition coefficient (Wildman–Crippen LogP) is 2.95. The molecule has 0 aliphatic carbocycles. The maximum atomic E-state index is 5.25. The molecule has 0 radical (unpaired) electrons. The maximum Gasteiger partial charge on any atom is 0.0594 e. The first kappa shape index (κ1) is 18.3. The molecule has 3 nitrogen and oxygen atoms in total. The van der Waals surface area contributed by atoms with Gasteiger partial charge in [0, 0.05) is 48.8 Å². The predicted molar refractivity (Wildman–Crippen MR) is 90.8 cm³/mol. The first-order chi connectivity index (χ1) is 9.21. The third-order valence-electron chi connectivity index (χ3n) is 3.92. The molecule has 0 aromatic rings. The molecule has 0 spiro atoms. The van der Waals surface area contributed by atoms with Crippen molar-refractivity contribution in [3.63, 3.8) is 0 Å². The lowest BCUT2D eigenvalue weighted by molar-refractivity contribution is -0.00389. The Bertz CT molecular complexity index is 231. The third kappa shape index (κ3) is 6.79. The molecule has 0 aromatic carbocycles. The molecule has 2 saturated heterocycles. The lowest BCUT2D eigenvalue weighted by atomic mass is 10.1. The van der Waals surface area contributed by atoms with Crippen LogP contribution in [-0.4, -0.2) is 71.8 Å². The molecular weight excluding hydrogens is 268 g/mol. The summed E-state index contributed by atoms with van der Waals surface area (Å²) in [6.45, 7) is 20.1. The van der Waals surface area contributed by atoms with Crippen molar-refractivity contribution < 1.29 is 4.74 Å². The number of ether oxygens (including phenoxy) is 1. The first-order valence-corrected chi connectivity index (χ1v) is 9.02. The molecule has 0 bridgehead atoms. The SMILES string of the molecule is CC(C)(C)N1CCOCC1.CC(C)(C)N1CCSCC1. The average molecular weight is 303 g/mol. The number of hydrogen-bond donors (Lipinski definition) is 0. The fourth-order valence-corrected chi connectivity index (χ4v) is 3.37. The Morgan fingerprint density at radius 1 is 0.700 bits per heavy atom. The fraction of sp³-hybridized carbons (Fsp3) is 1.00. The molecule has 2 rings (SSSR count). The van der Waals surface area contributed by atoms with Crippen molar-refractivity contribution in [3.8, 4) is 0 Å². The Labute approximate surface area is 130 Å². The van der Waals surface area contributed by atoms with Crippen LogP contribution in [0, 0.1) is 0 Å². The molecule has 4 heteroatoms. The van der Waals surface area contributed by atoms with Crippen molar-refractivity contribution in [2.45, 2.75) is 52.6 Å². The Morgan fingerprint density at radius 3 is 1.40 bits per heavy atom. The molecule has 0 saturated carbocycles. The first-order valence-electron chi connectivity index (χ1n) is 7.87. The number of morpholine rings is 1. The van der Waals surface area contributed by atoms with E-state index in [2.05, 4.69) is 63.1 Å². The highest BCUT2D eigenvalue weighted by Gasteiger charge is 2.23. The summed E-state index contributed by atoms with van der Waals surface area (Å²) >= 11 is 2.07. The fourth-order valence-electron chi connectivity index (χ4n) is 2.47. The zero-order valence-corrected chi connectivity index (χ0v) is 15.2. The molecule has 0 N–H and O–H groups in total. The summed E-state index contributed by atoms with van der Waals surface area (Å²) in [6, 6.07) is 0. The van der Waals surface area contributed by atoms with Gasteiger partial charge >= 0.3 is 0 Å². The van der Waals surface area contributed by atoms with Crippen molar-refractivity contribution in [2.24, 2.45) is 0 Å². The van der Waals surface area contributed by atoms with Gasteiger partial charge in [0.1, 0.15) is 0 Å². The van der Waals surface area contributed by atoms with Gasteiger partial charge in [-0.2, -0.15) is 11.8 Å². The van der Waals surface area contributed by atoms with Crippen LogP contribution in [0.4, 0.5) is 0 Å². The van der Waals surface area contributed by atoms with E-state index in [0.717, 1.165) is 26.3 Å². The molecule has 0 amide bonds. The van der Waals surface area contributed by atoms with Gasteiger partial charge in [0.15, 0.2) is 0 Å². The lowest BCUT2D eigenvalue weighted by Crippen LogP contribution is -2.47. The molecule has 2 aliphatic rings. The summed E-state index contributed by atoms with van der Waals surface area (Å²) in [5, 5.41) is 0. The highest BCUT2D eigenvalue weighted by molar-refractivity contribution is 7.99. The number of thioether (sulfide) groups is 1. The van der Waals surface area contributed by atoms with E-state index < -0.39 is 0 Å². The van der Waals surface area contributed by atoms with Gasteiger partial charge in [-0.15, -0.1) is 0 Å². The zero-order chi connectivity index (χ0) is 15.2. The van der Waals surface area contributed by atoms with Crippen LogP contribution in [0.15, 0.2) is 0 Å². The highest BCUT2D eigenvalue weighted by atomic mass is 32.2. The second-order valence-corrected chi connectivity index (χ2v) is 8.77. The smallest absolute Gasteiger partial charge is 0.0594 e. The van der Waals surface area contributed by atoms with Crippen LogP contribution in [0.3, 0.4) is 0 Å². The van der Waals surface area contributed by atoms with Gasteiger partial charge in [0.2, 0.25) is 0 Å². The molecule has 2 fully saturated rings. The Balaban J connectivity index is 0.000000200. The monoisotopic (exact) mass is 302 g/mol. The highest BCUT2D eigenvalue weighted by Crippen LogP contribution is 2.18. The normalized spacial score (nSPS) is 23.1. The van der Waals surface area contributed by atoms with Crippen LogP contribution in [0.2, 0.25) is 0 Å². The summed E-state index contributed by atoms with van der Waals surface area (Å²) in [4.78, 5) is 5.01. The van der Waals surface area contributed by atoms with Crippen LogP contribution >= 0.6 is 11.8 Å². The zero-order valence-electron chi connectivity index (χ0n) is 14.4. The van der Waals surface area contributed by atoms with Crippen molar-refractivity contribution >= 4 is 11.8 Å². The van der Waals surface area contributed by atoms with E-state index in [1.54, 1.807) is 0 Å². The minimum absolute atomic E-state index is 0.323. The lowest BCUT2D eigenvalue weighted by Gasteiger charge is -2.38. The van der Waals surface area contributed by atoms with E-state index in [1.165, 1.54) is 24.6 Å². The summed E-state index contributed by atoms with van der Waals surface area (Å²) in [7, 11) is 0. The topological polar surface area (TPSA) is 15.7 Å². The van der Waals surface area contributed by atoms with Gasteiger partial charge < -0.3 is 4.74 Å². The minimum atomic E-state index is 0.323. The molecule has 0 aromatic heterocycles. The standard InChI is InChI=1S/C8H17NO.C8H17NS/c2*1-8(2,3)9-4-6-10-7-5-9/h2*4-7H2,1-3H3. The molecule has 2 heterocycles. The molecular formula is C16H34N2OS. The molecule has 0 unspecified atom stereocenters. The van der Waals surface area contributed by atoms with Crippen molar-refractivity contribution in [2.75, 3.05) is 50.9 Å². The van der Waals surface area contributed by atoms with Crippen molar-refractivity contribution in [1.29, 1.82) is 0 Å². The molecule has 0 atom stereocenters. The molecule has 120 valence electrons. The second-order valence-electron chi connectivity index (χ2n) is 7.54. The summed E-state index contributed by atoms with van der Waals surface area (Å²) in [6.07, 6.45) is 0.